The normalized spacial score (nSPS) is 10.8. The van der Waals surface area contributed by atoms with E-state index in [0.29, 0.717) is 28.9 Å². The minimum absolute atomic E-state index is 0.334. The fourth-order valence-electron chi connectivity index (χ4n) is 4.20. The van der Waals surface area contributed by atoms with E-state index in [1.54, 1.807) is 24.3 Å². The molecule has 35 heavy (non-hydrogen) atoms. The predicted octanol–water partition coefficient (Wildman–Crippen LogP) is 7.26. The number of rotatable bonds is 6. The van der Waals surface area contributed by atoms with Crippen LogP contribution in [-0.2, 0) is 6.42 Å². The predicted molar refractivity (Wildman–Crippen MR) is 140 cm³/mol. The summed E-state index contributed by atoms with van der Waals surface area (Å²) < 4.78 is 5.73. The Balaban J connectivity index is 1.57. The Morgan fingerprint density at radius 1 is 0.771 bits per heavy atom. The molecule has 0 bridgehead atoms. The zero-order chi connectivity index (χ0) is 24.2. The van der Waals surface area contributed by atoms with Crippen molar-refractivity contribution in [2.45, 2.75) is 13.3 Å². The lowest BCUT2D eigenvalue weighted by Crippen LogP contribution is -2.10. The van der Waals surface area contributed by atoms with Crippen LogP contribution in [0.25, 0.3) is 11.0 Å². The maximum atomic E-state index is 12.9. The number of nitroso groups, excluding NO2 is 1. The summed E-state index contributed by atoms with van der Waals surface area (Å²) >= 11 is 0. The molecule has 1 heterocycles. The highest BCUT2D eigenvalue weighted by Crippen LogP contribution is 2.27. The van der Waals surface area contributed by atoms with Crippen LogP contribution >= 0.6 is 0 Å². The van der Waals surface area contributed by atoms with Gasteiger partial charge in [0.1, 0.15) is 11.3 Å². The molecule has 5 heteroatoms. The Kier molecular flexibility index (Phi) is 6.14. The Morgan fingerprint density at radius 3 is 2.11 bits per heavy atom. The van der Waals surface area contributed by atoms with Crippen LogP contribution in [0.4, 0.5) is 11.4 Å². The molecule has 0 amide bonds. The zero-order valence-electron chi connectivity index (χ0n) is 19.1. The lowest BCUT2D eigenvalue weighted by atomic mass is 9.99. The van der Waals surface area contributed by atoms with E-state index in [1.165, 1.54) is 0 Å². The molecule has 0 aliphatic carbocycles. The van der Waals surface area contributed by atoms with Crippen LogP contribution in [0.15, 0.2) is 123 Å². The quantitative estimate of drug-likeness (QED) is 0.153. The number of aliphatic imine (C=N–C) groups is 1. The topological polar surface area (TPSA) is 72.0 Å². The van der Waals surface area contributed by atoms with Gasteiger partial charge in [0.05, 0.1) is 11.4 Å². The highest BCUT2D eigenvalue weighted by Gasteiger charge is 2.14. The van der Waals surface area contributed by atoms with Crippen molar-refractivity contribution in [1.82, 2.24) is 0 Å². The van der Waals surface area contributed by atoms with Gasteiger partial charge in [-0.25, -0.2) is 9.79 Å². The Morgan fingerprint density at radius 2 is 1.46 bits per heavy atom. The molecule has 4 aromatic carbocycles. The van der Waals surface area contributed by atoms with Crippen molar-refractivity contribution in [3.05, 3.63) is 146 Å². The first kappa shape index (κ1) is 22.2. The van der Waals surface area contributed by atoms with Crippen molar-refractivity contribution in [3.8, 4) is 0 Å². The molecule has 0 spiro atoms. The standard InChI is InChI=1S/C30H22N2O3/c1-20-26-16-15-24(31-29(22-10-4-2-5-11-22)23-12-6-3-7-13-23)19-28(26)35-30(33)27(20)18-21-9-8-14-25(17-21)32-34/h2-17,19H,18H2,1H3. The molecule has 0 saturated carbocycles. The molecular formula is C30H22N2O3. The van der Waals surface area contributed by atoms with Crippen LogP contribution in [0.1, 0.15) is 27.8 Å². The van der Waals surface area contributed by atoms with Gasteiger partial charge < -0.3 is 4.42 Å². The highest BCUT2D eigenvalue weighted by atomic mass is 16.4. The molecule has 5 rings (SSSR count). The SMILES string of the molecule is Cc1c(Cc2cccc(N=O)c2)c(=O)oc2cc(N=C(c3ccccc3)c3ccccc3)ccc12. The maximum absolute atomic E-state index is 12.9. The van der Waals surface area contributed by atoms with Gasteiger partial charge >= 0.3 is 5.63 Å². The van der Waals surface area contributed by atoms with Crippen molar-refractivity contribution in [2.24, 2.45) is 10.2 Å². The van der Waals surface area contributed by atoms with E-state index >= 15 is 0 Å². The van der Waals surface area contributed by atoms with E-state index in [2.05, 4.69) is 5.18 Å². The third-order valence-electron chi connectivity index (χ3n) is 6.00. The number of fused-ring (bicyclic) bond motifs is 1. The molecule has 0 N–H and O–H groups in total. The van der Waals surface area contributed by atoms with E-state index in [0.717, 1.165) is 33.4 Å². The van der Waals surface area contributed by atoms with Crippen molar-refractivity contribution < 1.29 is 4.42 Å². The van der Waals surface area contributed by atoms with Gasteiger partial charge in [-0.3, -0.25) is 0 Å². The van der Waals surface area contributed by atoms with Crippen molar-refractivity contribution in [3.63, 3.8) is 0 Å². The largest absolute Gasteiger partial charge is 0.422 e. The Labute approximate surface area is 202 Å². The Bertz CT molecular complexity index is 1560. The smallest absolute Gasteiger partial charge is 0.340 e. The van der Waals surface area contributed by atoms with Crippen LogP contribution in [0, 0.1) is 11.8 Å². The second kappa shape index (κ2) is 9.69. The number of nitrogens with zero attached hydrogens (tertiary/aromatic N) is 2. The van der Waals surface area contributed by atoms with Crippen LogP contribution < -0.4 is 5.63 Å². The van der Waals surface area contributed by atoms with Crippen molar-refractivity contribution in [1.29, 1.82) is 0 Å². The molecule has 170 valence electrons. The maximum Gasteiger partial charge on any atom is 0.340 e. The second-order valence-corrected chi connectivity index (χ2v) is 8.30. The van der Waals surface area contributed by atoms with E-state index < -0.39 is 5.63 Å². The fourth-order valence-corrected chi connectivity index (χ4v) is 4.20. The van der Waals surface area contributed by atoms with Gasteiger partial charge in [0, 0.05) is 34.6 Å². The van der Waals surface area contributed by atoms with E-state index in [1.807, 2.05) is 85.8 Å². The third-order valence-corrected chi connectivity index (χ3v) is 6.00. The molecule has 0 saturated heterocycles. The minimum Gasteiger partial charge on any atom is -0.422 e. The summed E-state index contributed by atoms with van der Waals surface area (Å²) in [6, 6.07) is 32.6. The van der Waals surface area contributed by atoms with Crippen molar-refractivity contribution >= 4 is 28.1 Å². The molecule has 0 aliphatic heterocycles. The summed E-state index contributed by atoms with van der Waals surface area (Å²) in [6.07, 6.45) is 0.361. The average molecular weight is 459 g/mol. The average Bonchev–Trinajstić information content (AvgIpc) is 2.90. The van der Waals surface area contributed by atoms with Crippen molar-refractivity contribution in [2.75, 3.05) is 0 Å². The van der Waals surface area contributed by atoms with Crippen LogP contribution in [0.3, 0.4) is 0 Å². The summed E-state index contributed by atoms with van der Waals surface area (Å²) in [6.45, 7) is 1.92. The summed E-state index contributed by atoms with van der Waals surface area (Å²) in [5, 5.41) is 3.83. The number of benzene rings is 4. The first-order valence-corrected chi connectivity index (χ1v) is 11.3. The molecule has 0 atom stereocenters. The molecule has 0 fully saturated rings. The summed E-state index contributed by atoms with van der Waals surface area (Å²) in [5.41, 5.74) is 6.19. The summed E-state index contributed by atoms with van der Waals surface area (Å²) in [4.78, 5) is 28.7. The van der Waals surface area contributed by atoms with E-state index in [-0.39, 0.29) is 0 Å². The van der Waals surface area contributed by atoms with Crippen LogP contribution in [-0.4, -0.2) is 5.71 Å². The molecule has 0 unspecified atom stereocenters. The van der Waals surface area contributed by atoms with Gasteiger partial charge in [-0.15, -0.1) is 4.91 Å². The molecule has 0 radical (unpaired) electrons. The molecule has 1 aromatic heterocycles. The zero-order valence-corrected chi connectivity index (χ0v) is 19.1. The monoisotopic (exact) mass is 458 g/mol. The summed E-state index contributed by atoms with van der Waals surface area (Å²) in [5.74, 6) is 0. The first-order valence-electron chi connectivity index (χ1n) is 11.3. The van der Waals surface area contributed by atoms with E-state index in [9.17, 15) is 9.70 Å². The molecule has 5 aromatic rings. The first-order chi connectivity index (χ1) is 17.1. The lowest BCUT2D eigenvalue weighted by Gasteiger charge is -2.10. The van der Waals surface area contributed by atoms with Gasteiger partial charge in [-0.2, -0.15) is 0 Å². The Hall–Kier alpha value is -4.64. The van der Waals surface area contributed by atoms with Gasteiger partial charge in [0.15, 0.2) is 0 Å². The third kappa shape index (κ3) is 4.70. The van der Waals surface area contributed by atoms with Gasteiger partial charge in [0.2, 0.25) is 0 Å². The highest BCUT2D eigenvalue weighted by molar-refractivity contribution is 6.14. The molecular weight excluding hydrogens is 436 g/mol. The van der Waals surface area contributed by atoms with Crippen LogP contribution in [0.2, 0.25) is 0 Å². The number of hydrogen-bond acceptors (Lipinski definition) is 5. The van der Waals surface area contributed by atoms with Crippen LogP contribution in [0.5, 0.6) is 0 Å². The minimum atomic E-state index is -0.396. The van der Waals surface area contributed by atoms with E-state index in [4.69, 9.17) is 9.41 Å². The fraction of sp³-hybridized carbons (Fsp3) is 0.0667. The number of aryl methyl sites for hydroxylation is 1. The molecule has 5 nitrogen and oxygen atoms in total. The second-order valence-electron chi connectivity index (χ2n) is 8.30. The lowest BCUT2D eigenvalue weighted by molar-refractivity contribution is 0.551. The molecule has 0 aliphatic rings. The number of hydrogen-bond donors (Lipinski definition) is 0. The van der Waals surface area contributed by atoms with Gasteiger partial charge in [0.25, 0.3) is 0 Å². The van der Waals surface area contributed by atoms with Gasteiger partial charge in [-0.05, 0) is 47.5 Å². The van der Waals surface area contributed by atoms with Gasteiger partial charge in [-0.1, -0.05) is 72.8 Å². The summed E-state index contributed by atoms with van der Waals surface area (Å²) in [7, 11) is 0.